The average molecular weight is 344 g/mol. The smallest absolute Gasteiger partial charge is 0.233 e. The van der Waals surface area contributed by atoms with Gasteiger partial charge in [-0.3, -0.25) is 9.52 Å². The molecule has 0 heterocycles. The predicted octanol–water partition coefficient (Wildman–Crippen LogP) is 1.23. The number of anilines is 1. The van der Waals surface area contributed by atoms with Gasteiger partial charge in [0.05, 0.1) is 24.5 Å². The van der Waals surface area contributed by atoms with Crippen LogP contribution in [0.15, 0.2) is 24.3 Å². The van der Waals surface area contributed by atoms with Gasteiger partial charge in [0.2, 0.25) is 15.9 Å². The number of carbonyl (C=O) groups is 1. The Bertz CT molecular complexity index is 604. The molecule has 1 rings (SSSR count). The number of sulfonamides is 1. The fourth-order valence-electron chi connectivity index (χ4n) is 1.91. The minimum Gasteiger partial charge on any atom is -0.497 e. The van der Waals surface area contributed by atoms with E-state index in [1.54, 1.807) is 38.3 Å². The van der Waals surface area contributed by atoms with E-state index >= 15 is 0 Å². The van der Waals surface area contributed by atoms with Crippen molar-refractivity contribution < 1.29 is 22.7 Å². The SMILES string of the molecule is COCCCNC(=O)C(C)CS(=O)(=O)Nc1cccc(OC)c1. The molecule has 1 atom stereocenters. The van der Waals surface area contributed by atoms with Crippen LogP contribution in [0.4, 0.5) is 5.69 Å². The number of amides is 1. The third-order valence-corrected chi connectivity index (χ3v) is 4.57. The monoisotopic (exact) mass is 344 g/mol. The first-order valence-electron chi connectivity index (χ1n) is 7.29. The second-order valence-electron chi connectivity index (χ2n) is 5.15. The van der Waals surface area contributed by atoms with E-state index in [1.807, 2.05) is 0 Å². The Balaban J connectivity index is 2.54. The number of hydrogen-bond donors (Lipinski definition) is 2. The maximum absolute atomic E-state index is 12.1. The minimum atomic E-state index is -3.63. The summed E-state index contributed by atoms with van der Waals surface area (Å²) in [5.41, 5.74) is 0.400. The fourth-order valence-corrected chi connectivity index (χ4v) is 3.29. The number of carbonyl (C=O) groups excluding carboxylic acids is 1. The first-order valence-corrected chi connectivity index (χ1v) is 8.94. The number of methoxy groups -OCH3 is 2. The summed E-state index contributed by atoms with van der Waals surface area (Å²) in [6, 6.07) is 6.60. The summed E-state index contributed by atoms with van der Waals surface area (Å²) in [6.07, 6.45) is 0.684. The molecule has 1 unspecified atom stereocenters. The van der Waals surface area contributed by atoms with Gasteiger partial charge in [-0.05, 0) is 18.6 Å². The molecule has 23 heavy (non-hydrogen) atoms. The summed E-state index contributed by atoms with van der Waals surface area (Å²) in [4.78, 5) is 11.9. The van der Waals surface area contributed by atoms with Crippen LogP contribution in [0, 0.1) is 5.92 Å². The molecular formula is C15H24N2O5S. The molecule has 1 aromatic rings. The molecule has 0 spiro atoms. The summed E-state index contributed by atoms with van der Waals surface area (Å²) in [6.45, 7) is 2.58. The van der Waals surface area contributed by atoms with Gasteiger partial charge < -0.3 is 14.8 Å². The van der Waals surface area contributed by atoms with Gasteiger partial charge in [-0.2, -0.15) is 0 Å². The van der Waals surface area contributed by atoms with Crippen molar-refractivity contribution in [1.82, 2.24) is 5.32 Å². The van der Waals surface area contributed by atoms with Crippen LogP contribution in [0.5, 0.6) is 5.75 Å². The van der Waals surface area contributed by atoms with E-state index in [2.05, 4.69) is 10.0 Å². The molecule has 0 aliphatic rings. The van der Waals surface area contributed by atoms with E-state index in [4.69, 9.17) is 9.47 Å². The highest BCUT2D eigenvalue weighted by molar-refractivity contribution is 7.92. The molecule has 1 aromatic carbocycles. The number of hydrogen-bond acceptors (Lipinski definition) is 5. The molecule has 0 aromatic heterocycles. The van der Waals surface area contributed by atoms with Crippen molar-refractivity contribution in [3.05, 3.63) is 24.3 Å². The maximum Gasteiger partial charge on any atom is 0.233 e. The van der Waals surface area contributed by atoms with Crippen molar-refractivity contribution in [2.75, 3.05) is 37.8 Å². The Hall–Kier alpha value is -1.80. The molecule has 8 heteroatoms. The van der Waals surface area contributed by atoms with Crippen molar-refractivity contribution in [2.45, 2.75) is 13.3 Å². The van der Waals surface area contributed by atoms with Gasteiger partial charge in [0.1, 0.15) is 5.75 Å². The van der Waals surface area contributed by atoms with Crippen LogP contribution in [0.25, 0.3) is 0 Å². The largest absolute Gasteiger partial charge is 0.497 e. The van der Waals surface area contributed by atoms with Crippen LogP contribution in [0.2, 0.25) is 0 Å². The van der Waals surface area contributed by atoms with Gasteiger partial charge in [-0.15, -0.1) is 0 Å². The lowest BCUT2D eigenvalue weighted by atomic mass is 10.2. The van der Waals surface area contributed by atoms with Crippen molar-refractivity contribution in [2.24, 2.45) is 5.92 Å². The molecule has 0 saturated heterocycles. The van der Waals surface area contributed by atoms with Crippen molar-refractivity contribution in [3.63, 3.8) is 0 Å². The van der Waals surface area contributed by atoms with Gasteiger partial charge >= 0.3 is 0 Å². The quantitative estimate of drug-likeness (QED) is 0.623. The molecular weight excluding hydrogens is 320 g/mol. The van der Waals surface area contributed by atoms with Crippen LogP contribution in [0.3, 0.4) is 0 Å². The summed E-state index contributed by atoms with van der Waals surface area (Å²) >= 11 is 0. The molecule has 0 fully saturated rings. The van der Waals surface area contributed by atoms with Gasteiger partial charge in [-0.25, -0.2) is 8.42 Å². The van der Waals surface area contributed by atoms with Crippen molar-refractivity contribution in [1.29, 1.82) is 0 Å². The van der Waals surface area contributed by atoms with E-state index < -0.39 is 15.9 Å². The molecule has 7 nitrogen and oxygen atoms in total. The summed E-state index contributed by atoms with van der Waals surface area (Å²) in [5.74, 6) is -0.688. The Morgan fingerprint density at radius 3 is 2.70 bits per heavy atom. The lowest BCUT2D eigenvalue weighted by Gasteiger charge is -2.14. The highest BCUT2D eigenvalue weighted by Crippen LogP contribution is 2.18. The van der Waals surface area contributed by atoms with Crippen LogP contribution in [-0.2, 0) is 19.6 Å². The Kier molecular flexibility index (Phi) is 7.84. The zero-order chi connectivity index (χ0) is 17.3. The molecule has 0 radical (unpaired) electrons. The first kappa shape index (κ1) is 19.2. The second kappa shape index (κ2) is 9.36. The van der Waals surface area contributed by atoms with Crippen LogP contribution < -0.4 is 14.8 Å². The predicted molar refractivity (Wildman–Crippen MR) is 89.1 cm³/mol. The normalized spacial score (nSPS) is 12.5. The number of rotatable bonds is 10. The number of nitrogens with one attached hydrogen (secondary N) is 2. The molecule has 1 amide bonds. The highest BCUT2D eigenvalue weighted by Gasteiger charge is 2.21. The maximum atomic E-state index is 12.1. The Morgan fingerprint density at radius 2 is 2.04 bits per heavy atom. The summed E-state index contributed by atoms with van der Waals surface area (Å²) in [7, 11) is -0.542. The zero-order valence-corrected chi connectivity index (χ0v) is 14.5. The lowest BCUT2D eigenvalue weighted by Crippen LogP contribution is -2.35. The summed E-state index contributed by atoms with van der Waals surface area (Å²) < 4.78 is 36.7. The van der Waals surface area contributed by atoms with E-state index in [-0.39, 0.29) is 11.7 Å². The number of ether oxygens (including phenoxy) is 2. The van der Waals surface area contributed by atoms with E-state index in [9.17, 15) is 13.2 Å². The van der Waals surface area contributed by atoms with Crippen LogP contribution in [0.1, 0.15) is 13.3 Å². The molecule has 0 bridgehead atoms. The third-order valence-electron chi connectivity index (χ3n) is 3.08. The van der Waals surface area contributed by atoms with E-state index in [0.29, 0.717) is 31.0 Å². The van der Waals surface area contributed by atoms with E-state index in [0.717, 1.165) is 0 Å². The van der Waals surface area contributed by atoms with Crippen LogP contribution in [-0.4, -0.2) is 47.4 Å². The second-order valence-corrected chi connectivity index (χ2v) is 6.92. The number of benzene rings is 1. The zero-order valence-electron chi connectivity index (χ0n) is 13.7. The first-order chi connectivity index (χ1) is 10.9. The highest BCUT2D eigenvalue weighted by atomic mass is 32.2. The third kappa shape index (κ3) is 7.34. The van der Waals surface area contributed by atoms with Gasteiger partial charge in [0.25, 0.3) is 0 Å². The topological polar surface area (TPSA) is 93.7 Å². The molecule has 0 saturated carbocycles. The van der Waals surface area contributed by atoms with Crippen molar-refractivity contribution >= 4 is 21.6 Å². The molecule has 2 N–H and O–H groups in total. The summed E-state index contributed by atoms with van der Waals surface area (Å²) in [5, 5.41) is 2.69. The van der Waals surface area contributed by atoms with Gasteiger partial charge in [0, 0.05) is 26.3 Å². The fraction of sp³-hybridized carbons (Fsp3) is 0.533. The standard InChI is InChI=1S/C15H24N2O5S/c1-12(15(18)16-8-5-9-21-2)11-23(19,20)17-13-6-4-7-14(10-13)22-3/h4,6-7,10,12,17H,5,8-9,11H2,1-3H3,(H,16,18). The van der Waals surface area contributed by atoms with Crippen molar-refractivity contribution in [3.8, 4) is 5.75 Å². The van der Waals surface area contributed by atoms with Gasteiger partial charge in [0.15, 0.2) is 0 Å². The Morgan fingerprint density at radius 1 is 1.30 bits per heavy atom. The Labute approximate surface area is 137 Å². The molecule has 0 aliphatic carbocycles. The minimum absolute atomic E-state index is 0.291. The van der Waals surface area contributed by atoms with Gasteiger partial charge in [-0.1, -0.05) is 13.0 Å². The molecule has 130 valence electrons. The lowest BCUT2D eigenvalue weighted by molar-refractivity contribution is -0.123. The van der Waals surface area contributed by atoms with E-state index in [1.165, 1.54) is 7.11 Å². The van der Waals surface area contributed by atoms with Crippen LogP contribution >= 0.6 is 0 Å². The average Bonchev–Trinajstić information content (AvgIpc) is 2.50. The molecule has 0 aliphatic heterocycles.